The third-order valence-electron chi connectivity index (χ3n) is 3.11. The van der Waals surface area contributed by atoms with Crippen LogP contribution in [-0.4, -0.2) is 12.2 Å². The monoisotopic (exact) mass is 324 g/mol. The lowest BCUT2D eigenvalue weighted by molar-refractivity contribution is 0.212. The zero-order valence-corrected chi connectivity index (χ0v) is 12.2. The summed E-state index contributed by atoms with van der Waals surface area (Å²) < 4.78 is 20.0. The average Bonchev–Trinajstić information content (AvgIpc) is 2.41. The smallest absolute Gasteiger partial charge is 0.171 e. The Labute approximate surface area is 120 Å². The third kappa shape index (κ3) is 2.65. The van der Waals surface area contributed by atoms with Gasteiger partial charge in [0.2, 0.25) is 0 Å². The highest BCUT2D eigenvalue weighted by Crippen LogP contribution is 2.32. The molecule has 0 aliphatic carbocycles. The molecule has 0 aromatic heterocycles. The molecule has 2 nitrogen and oxygen atoms in total. The van der Waals surface area contributed by atoms with Gasteiger partial charge in [-0.1, -0.05) is 40.2 Å². The van der Waals surface area contributed by atoms with Gasteiger partial charge in [0.15, 0.2) is 11.6 Å². The molecule has 2 rings (SSSR count). The summed E-state index contributed by atoms with van der Waals surface area (Å²) in [6.45, 7) is 1.88. The molecule has 0 fully saturated rings. The Morgan fingerprint density at radius 3 is 2.47 bits per heavy atom. The second-order valence-electron chi connectivity index (χ2n) is 4.22. The number of aliphatic hydroxyl groups excluding tert-OH is 1. The molecular weight excluding hydrogens is 311 g/mol. The van der Waals surface area contributed by atoms with E-state index < -0.39 is 11.9 Å². The summed E-state index contributed by atoms with van der Waals surface area (Å²) in [5.74, 6) is -0.402. The zero-order chi connectivity index (χ0) is 14.0. The van der Waals surface area contributed by atoms with E-state index in [1.807, 2.05) is 19.1 Å². The SMILES string of the molecule is COc1cccc(C(O)c2cccc(Br)c2C)c1F. The molecule has 0 amide bonds. The molecule has 1 atom stereocenters. The van der Waals surface area contributed by atoms with E-state index in [4.69, 9.17) is 4.74 Å². The number of hydrogen-bond donors (Lipinski definition) is 1. The van der Waals surface area contributed by atoms with Crippen LogP contribution in [0.15, 0.2) is 40.9 Å². The molecular formula is C15H14BrFO2. The summed E-state index contributed by atoms with van der Waals surface area (Å²) in [6, 6.07) is 10.2. The van der Waals surface area contributed by atoms with Crippen molar-refractivity contribution in [1.29, 1.82) is 0 Å². The quantitative estimate of drug-likeness (QED) is 0.925. The Kier molecular flexibility index (Phi) is 4.22. The predicted octanol–water partition coefficient (Wildman–Crippen LogP) is 3.99. The number of halogens is 2. The molecule has 100 valence electrons. The van der Waals surface area contributed by atoms with E-state index in [0.717, 1.165) is 10.0 Å². The summed E-state index contributed by atoms with van der Waals surface area (Å²) in [4.78, 5) is 0. The Bertz CT molecular complexity index is 599. The highest BCUT2D eigenvalue weighted by molar-refractivity contribution is 9.10. The molecule has 0 saturated heterocycles. The van der Waals surface area contributed by atoms with Crippen LogP contribution < -0.4 is 4.74 Å². The van der Waals surface area contributed by atoms with Gasteiger partial charge in [-0.05, 0) is 30.2 Å². The maximum Gasteiger partial charge on any atom is 0.171 e. The second kappa shape index (κ2) is 5.72. The summed E-state index contributed by atoms with van der Waals surface area (Å²) in [6.07, 6.45) is -1.02. The molecule has 0 bridgehead atoms. The summed E-state index contributed by atoms with van der Waals surface area (Å²) in [5, 5.41) is 10.4. The zero-order valence-electron chi connectivity index (χ0n) is 10.7. The standard InChI is InChI=1S/C15H14BrFO2/c1-9-10(5-3-7-12(9)16)15(18)11-6-4-8-13(19-2)14(11)17/h3-8,15,18H,1-2H3. The minimum atomic E-state index is -1.02. The van der Waals surface area contributed by atoms with Crippen molar-refractivity contribution in [3.8, 4) is 5.75 Å². The van der Waals surface area contributed by atoms with Gasteiger partial charge in [0.1, 0.15) is 6.10 Å². The number of benzene rings is 2. The molecule has 0 aliphatic rings. The van der Waals surface area contributed by atoms with Crippen LogP contribution in [-0.2, 0) is 0 Å². The number of aliphatic hydroxyl groups is 1. The van der Waals surface area contributed by atoms with Crippen molar-refractivity contribution < 1.29 is 14.2 Å². The van der Waals surface area contributed by atoms with Crippen LogP contribution in [0.2, 0.25) is 0 Å². The first-order chi connectivity index (χ1) is 9.06. The fraction of sp³-hybridized carbons (Fsp3) is 0.200. The first kappa shape index (κ1) is 14.0. The fourth-order valence-corrected chi connectivity index (χ4v) is 2.37. The molecule has 0 radical (unpaired) electrons. The lowest BCUT2D eigenvalue weighted by Crippen LogP contribution is -2.06. The fourth-order valence-electron chi connectivity index (χ4n) is 1.98. The first-order valence-electron chi connectivity index (χ1n) is 5.81. The average molecular weight is 325 g/mol. The minimum absolute atomic E-state index is 0.129. The van der Waals surface area contributed by atoms with Crippen LogP contribution >= 0.6 is 15.9 Å². The van der Waals surface area contributed by atoms with E-state index in [9.17, 15) is 9.50 Å². The molecule has 1 unspecified atom stereocenters. The molecule has 0 saturated carbocycles. The van der Waals surface area contributed by atoms with Crippen molar-refractivity contribution >= 4 is 15.9 Å². The van der Waals surface area contributed by atoms with E-state index in [1.165, 1.54) is 13.2 Å². The second-order valence-corrected chi connectivity index (χ2v) is 5.07. The molecule has 0 heterocycles. The van der Waals surface area contributed by atoms with Crippen molar-refractivity contribution in [2.24, 2.45) is 0 Å². The number of ether oxygens (including phenoxy) is 1. The Morgan fingerprint density at radius 1 is 1.16 bits per heavy atom. The van der Waals surface area contributed by atoms with Gasteiger partial charge in [-0.15, -0.1) is 0 Å². The third-order valence-corrected chi connectivity index (χ3v) is 3.97. The number of hydrogen-bond acceptors (Lipinski definition) is 2. The van der Waals surface area contributed by atoms with E-state index in [2.05, 4.69) is 15.9 Å². The van der Waals surface area contributed by atoms with Gasteiger partial charge in [-0.3, -0.25) is 0 Å². The highest BCUT2D eigenvalue weighted by atomic mass is 79.9. The van der Waals surface area contributed by atoms with Gasteiger partial charge < -0.3 is 9.84 Å². The molecule has 2 aromatic carbocycles. The van der Waals surface area contributed by atoms with Crippen LogP contribution in [0.4, 0.5) is 4.39 Å². The largest absolute Gasteiger partial charge is 0.494 e. The van der Waals surface area contributed by atoms with Crippen LogP contribution in [0.5, 0.6) is 5.75 Å². The van der Waals surface area contributed by atoms with E-state index in [0.29, 0.717) is 5.56 Å². The Morgan fingerprint density at radius 2 is 1.79 bits per heavy atom. The van der Waals surface area contributed by atoms with Gasteiger partial charge in [0.05, 0.1) is 7.11 Å². The maximum atomic E-state index is 14.1. The van der Waals surface area contributed by atoms with Crippen molar-refractivity contribution in [2.45, 2.75) is 13.0 Å². The molecule has 4 heteroatoms. The normalized spacial score (nSPS) is 12.3. The predicted molar refractivity (Wildman–Crippen MR) is 75.9 cm³/mol. The minimum Gasteiger partial charge on any atom is -0.494 e. The maximum absolute atomic E-state index is 14.1. The molecule has 0 aliphatic heterocycles. The van der Waals surface area contributed by atoms with Gasteiger partial charge >= 0.3 is 0 Å². The van der Waals surface area contributed by atoms with Crippen molar-refractivity contribution in [1.82, 2.24) is 0 Å². The van der Waals surface area contributed by atoms with Gasteiger partial charge in [-0.25, -0.2) is 4.39 Å². The lowest BCUT2D eigenvalue weighted by atomic mass is 9.97. The molecule has 0 spiro atoms. The Hall–Kier alpha value is -1.39. The Balaban J connectivity index is 2.50. The van der Waals surface area contributed by atoms with Crippen LogP contribution in [0.1, 0.15) is 22.8 Å². The van der Waals surface area contributed by atoms with Gasteiger partial charge in [0, 0.05) is 10.0 Å². The molecule has 1 N–H and O–H groups in total. The van der Waals surface area contributed by atoms with E-state index in [1.54, 1.807) is 18.2 Å². The van der Waals surface area contributed by atoms with Gasteiger partial charge in [0.25, 0.3) is 0 Å². The lowest BCUT2D eigenvalue weighted by Gasteiger charge is -2.16. The van der Waals surface area contributed by atoms with Crippen LogP contribution in [0, 0.1) is 12.7 Å². The summed E-state index contributed by atoms with van der Waals surface area (Å²) in [7, 11) is 1.40. The molecule has 2 aromatic rings. The number of methoxy groups -OCH3 is 1. The first-order valence-corrected chi connectivity index (χ1v) is 6.61. The number of rotatable bonds is 3. The molecule has 19 heavy (non-hydrogen) atoms. The van der Waals surface area contributed by atoms with Crippen molar-refractivity contribution in [3.63, 3.8) is 0 Å². The van der Waals surface area contributed by atoms with Crippen molar-refractivity contribution in [3.05, 3.63) is 63.4 Å². The van der Waals surface area contributed by atoms with Crippen molar-refractivity contribution in [2.75, 3.05) is 7.11 Å². The summed E-state index contributed by atoms with van der Waals surface area (Å²) >= 11 is 3.40. The highest BCUT2D eigenvalue weighted by Gasteiger charge is 2.19. The van der Waals surface area contributed by atoms with Crippen LogP contribution in [0.25, 0.3) is 0 Å². The topological polar surface area (TPSA) is 29.5 Å². The van der Waals surface area contributed by atoms with Gasteiger partial charge in [-0.2, -0.15) is 0 Å². The van der Waals surface area contributed by atoms with Crippen LogP contribution in [0.3, 0.4) is 0 Å². The summed E-state index contributed by atoms with van der Waals surface area (Å²) in [5.41, 5.74) is 1.76. The van der Waals surface area contributed by atoms with E-state index >= 15 is 0 Å². The van der Waals surface area contributed by atoms with E-state index in [-0.39, 0.29) is 11.3 Å².